The molecular weight excluding hydrogens is 561 g/mol. The Balaban J connectivity index is 1.28. The lowest BCUT2D eigenvalue weighted by Gasteiger charge is -2.17. The molecule has 4 rings (SSSR count). The van der Waals surface area contributed by atoms with Gasteiger partial charge in [0.1, 0.15) is 11.5 Å². The van der Waals surface area contributed by atoms with E-state index in [4.69, 9.17) is 18.5 Å². The molecule has 0 radical (unpaired) electrons. The fourth-order valence-electron chi connectivity index (χ4n) is 5.06. The van der Waals surface area contributed by atoms with Gasteiger partial charge in [-0.05, 0) is 55.0 Å². The Bertz CT molecular complexity index is 1450. The van der Waals surface area contributed by atoms with Crippen molar-refractivity contribution in [2.45, 2.75) is 77.7 Å². The maximum atomic E-state index is 13.0. The van der Waals surface area contributed by atoms with Crippen molar-refractivity contribution < 1.29 is 32.5 Å². The first-order valence-corrected chi connectivity index (χ1v) is 17.0. The number of hydrogen-bond acceptors (Lipinski definition) is 5. The van der Waals surface area contributed by atoms with Gasteiger partial charge in [0.05, 0.1) is 13.7 Å². The third-order valence-electron chi connectivity index (χ3n) is 7.41. The molecule has 0 bridgehead atoms. The van der Waals surface area contributed by atoms with Crippen LogP contribution in [-0.2, 0) is 11.1 Å². The molecule has 3 aromatic carbocycles. The maximum absolute atomic E-state index is 13.0. The summed E-state index contributed by atoms with van der Waals surface area (Å²) in [6.45, 7) is 3.39. The van der Waals surface area contributed by atoms with E-state index in [2.05, 4.69) is 29.7 Å². The Kier molecular flexibility index (Phi) is 12.7. The quantitative estimate of drug-likeness (QED) is 0.0652. The van der Waals surface area contributed by atoms with Crippen LogP contribution in [0.15, 0.2) is 85.1 Å². The first-order valence-electron chi connectivity index (χ1n) is 15.5. The summed E-state index contributed by atoms with van der Waals surface area (Å²) in [7, 11) is -2.99. The van der Waals surface area contributed by atoms with Crippen LogP contribution < -0.4 is 23.1 Å². The molecule has 8 heteroatoms. The van der Waals surface area contributed by atoms with Gasteiger partial charge in [-0.2, -0.15) is 4.57 Å². The van der Waals surface area contributed by atoms with Crippen LogP contribution in [0.2, 0.25) is 0 Å². The average molecular weight is 607 g/mol. The van der Waals surface area contributed by atoms with Crippen LogP contribution in [-0.4, -0.2) is 18.6 Å². The van der Waals surface area contributed by atoms with Crippen LogP contribution in [0.5, 0.6) is 23.0 Å². The number of phosphoric acid groups is 1. The number of pyridine rings is 1. The molecule has 1 atom stereocenters. The highest BCUT2D eigenvalue weighted by atomic mass is 31.2. The van der Waals surface area contributed by atoms with Crippen LogP contribution in [0.3, 0.4) is 0 Å². The van der Waals surface area contributed by atoms with Gasteiger partial charge in [-0.15, -0.1) is 0 Å². The lowest BCUT2D eigenvalue weighted by molar-refractivity contribution is -0.662. The van der Waals surface area contributed by atoms with E-state index in [1.165, 1.54) is 64.5 Å². The Morgan fingerprint density at radius 1 is 0.721 bits per heavy atom. The zero-order chi connectivity index (χ0) is 30.3. The lowest BCUT2D eigenvalue weighted by Crippen LogP contribution is -2.34. The van der Waals surface area contributed by atoms with Gasteiger partial charge in [-0.25, -0.2) is 4.57 Å². The summed E-state index contributed by atoms with van der Waals surface area (Å²) in [5.41, 5.74) is 2.15. The molecule has 4 aromatic rings. The number of unbranched alkanes of at least 4 members (excludes halogenated alkanes) is 9. The Morgan fingerprint density at radius 2 is 1.37 bits per heavy atom. The predicted octanol–water partition coefficient (Wildman–Crippen LogP) is 9.04. The summed E-state index contributed by atoms with van der Waals surface area (Å²) in [4.78, 5) is 10.6. The molecule has 0 aliphatic heterocycles. The molecule has 7 nitrogen and oxygen atoms in total. The molecule has 0 amide bonds. The van der Waals surface area contributed by atoms with E-state index in [9.17, 15) is 9.46 Å². The van der Waals surface area contributed by atoms with Crippen molar-refractivity contribution in [3.05, 3.63) is 90.6 Å². The van der Waals surface area contributed by atoms with Gasteiger partial charge < -0.3 is 18.5 Å². The molecule has 0 aliphatic rings. The summed E-state index contributed by atoms with van der Waals surface area (Å²) in [6, 6.07) is 24.3. The minimum atomic E-state index is -4.52. The third-order valence-corrected chi connectivity index (χ3v) is 8.27. The topological polar surface area (TPSA) is 78.1 Å². The number of para-hydroxylation sites is 1. The van der Waals surface area contributed by atoms with E-state index >= 15 is 0 Å². The van der Waals surface area contributed by atoms with Gasteiger partial charge in [0.15, 0.2) is 24.2 Å². The van der Waals surface area contributed by atoms with Crippen molar-refractivity contribution in [2.75, 3.05) is 13.7 Å². The number of aromatic nitrogens is 1. The fourth-order valence-corrected chi connectivity index (χ4v) is 5.88. The van der Waals surface area contributed by atoms with E-state index in [1.807, 2.05) is 36.5 Å². The number of benzene rings is 3. The van der Waals surface area contributed by atoms with Crippen LogP contribution in [0, 0.1) is 0 Å². The van der Waals surface area contributed by atoms with Crippen LogP contribution in [0.1, 0.15) is 76.7 Å². The van der Waals surface area contributed by atoms with Gasteiger partial charge in [0, 0.05) is 29.1 Å². The van der Waals surface area contributed by atoms with Gasteiger partial charge in [-0.3, -0.25) is 4.89 Å². The number of ether oxygens (including phenoxy) is 2. The first-order chi connectivity index (χ1) is 21.0. The molecule has 230 valence electrons. The second-order valence-corrected chi connectivity index (χ2v) is 12.1. The molecule has 0 spiro atoms. The molecule has 1 unspecified atom stereocenters. The summed E-state index contributed by atoms with van der Waals surface area (Å²) in [5, 5.41) is 1.16. The monoisotopic (exact) mass is 606 g/mol. The second-order valence-electron chi connectivity index (χ2n) is 10.8. The summed E-state index contributed by atoms with van der Waals surface area (Å²) in [5.74, 6) is 1.18. The normalized spacial score (nSPS) is 12.5. The molecule has 1 heterocycles. The highest BCUT2D eigenvalue weighted by molar-refractivity contribution is 7.48. The van der Waals surface area contributed by atoms with Gasteiger partial charge in [0.2, 0.25) is 5.52 Å². The Hall–Kier alpha value is -3.54. The average Bonchev–Trinajstić information content (AvgIpc) is 3.01. The molecule has 0 aliphatic carbocycles. The number of phosphoric ester groups is 1. The Labute approximate surface area is 256 Å². The highest BCUT2D eigenvalue weighted by Crippen LogP contribution is 2.48. The number of nitrogens with zero attached hydrogens (tertiary/aromatic N) is 1. The van der Waals surface area contributed by atoms with Crippen molar-refractivity contribution in [3.8, 4) is 23.0 Å². The minimum absolute atomic E-state index is 0.0984. The lowest BCUT2D eigenvalue weighted by atomic mass is 10.1. The Morgan fingerprint density at radius 3 is 2.09 bits per heavy atom. The molecule has 1 aromatic heterocycles. The SMILES string of the molecule is CCCCCCCCCCCCOc1ccc(OC)cc1OP(=O)(O)Oc1ccc(C[n+]2cccc3ccccc32)cc1. The largest absolute Gasteiger partial charge is 0.585 e. The summed E-state index contributed by atoms with van der Waals surface area (Å²) in [6.07, 6.45) is 14.4. The van der Waals surface area contributed by atoms with Crippen molar-refractivity contribution in [1.82, 2.24) is 0 Å². The fraction of sp³-hybridized carbons (Fsp3) is 0.400. The van der Waals surface area contributed by atoms with Gasteiger partial charge >= 0.3 is 7.82 Å². The van der Waals surface area contributed by atoms with Gasteiger partial charge in [0.25, 0.3) is 0 Å². The predicted molar refractivity (Wildman–Crippen MR) is 171 cm³/mol. The van der Waals surface area contributed by atoms with E-state index in [0.717, 1.165) is 29.3 Å². The minimum Gasteiger partial charge on any atom is -0.497 e. The van der Waals surface area contributed by atoms with E-state index in [1.54, 1.807) is 24.3 Å². The van der Waals surface area contributed by atoms with Crippen molar-refractivity contribution in [1.29, 1.82) is 0 Å². The van der Waals surface area contributed by atoms with Crippen LogP contribution >= 0.6 is 7.82 Å². The molecular formula is C35H45NO6P+. The highest BCUT2D eigenvalue weighted by Gasteiger charge is 2.27. The van der Waals surface area contributed by atoms with Gasteiger partial charge in [-0.1, -0.05) is 76.8 Å². The molecule has 0 saturated heterocycles. The van der Waals surface area contributed by atoms with Crippen LogP contribution in [0.25, 0.3) is 10.9 Å². The standard InChI is InChI=1S/C35H44NO6P/c1-3-4-5-6-7-8-9-10-11-14-26-40-34-24-23-32(39-2)27-35(34)42-43(37,38)41-31-21-19-29(20-22-31)28-36-25-15-17-30-16-12-13-18-33(30)36/h12-13,15-25,27H,3-11,14,26,28H2,1-2H3/p+1. The molecule has 0 fully saturated rings. The number of fused-ring (bicyclic) bond motifs is 1. The molecule has 1 N–H and O–H groups in total. The van der Waals surface area contributed by atoms with E-state index < -0.39 is 7.82 Å². The zero-order valence-electron chi connectivity index (χ0n) is 25.5. The van der Waals surface area contributed by atoms with E-state index in [-0.39, 0.29) is 11.5 Å². The third kappa shape index (κ3) is 10.6. The molecule has 0 saturated carbocycles. The summed E-state index contributed by atoms with van der Waals surface area (Å²) < 4.78 is 37.3. The second kappa shape index (κ2) is 16.9. The number of methoxy groups -OCH3 is 1. The van der Waals surface area contributed by atoms with Crippen molar-refractivity contribution in [2.24, 2.45) is 0 Å². The van der Waals surface area contributed by atoms with Crippen LogP contribution in [0.4, 0.5) is 0 Å². The smallest absolute Gasteiger partial charge is 0.497 e. The maximum Gasteiger partial charge on any atom is 0.585 e. The number of rotatable bonds is 19. The van der Waals surface area contributed by atoms with Crippen molar-refractivity contribution >= 4 is 18.7 Å². The van der Waals surface area contributed by atoms with E-state index in [0.29, 0.717) is 24.7 Å². The zero-order valence-corrected chi connectivity index (χ0v) is 26.3. The first kappa shape index (κ1) is 32.4. The molecule has 43 heavy (non-hydrogen) atoms. The number of hydrogen-bond donors (Lipinski definition) is 1. The summed E-state index contributed by atoms with van der Waals surface area (Å²) >= 11 is 0. The van der Waals surface area contributed by atoms with Crippen molar-refractivity contribution in [3.63, 3.8) is 0 Å².